The van der Waals surface area contributed by atoms with Gasteiger partial charge in [0.05, 0.1) is 0 Å². The Morgan fingerprint density at radius 2 is 2.00 bits per heavy atom. The Balaban J connectivity index is 1.89. The largest absolute Gasteiger partial charge is 0.0622 e. The molecule has 3 saturated carbocycles. The number of rotatable bonds is 0. The number of fused-ring (bicyclic) bond motifs is 1. The van der Waals surface area contributed by atoms with Crippen molar-refractivity contribution in [2.24, 2.45) is 29.6 Å². The fourth-order valence-corrected chi connectivity index (χ4v) is 3.50. The predicted octanol–water partition coefficient (Wildman–Crippen LogP) is 2.30. The predicted molar refractivity (Wildman–Crippen MR) is 37.0 cm³/mol. The number of hydrogen-bond acceptors (Lipinski definition) is 0. The zero-order valence-corrected chi connectivity index (χ0v) is 6.01. The van der Waals surface area contributed by atoms with E-state index in [4.69, 9.17) is 0 Å². The second-order valence-corrected chi connectivity index (χ2v) is 4.37. The van der Waals surface area contributed by atoms with Crippen LogP contribution in [0.3, 0.4) is 0 Å². The van der Waals surface area contributed by atoms with Gasteiger partial charge in [0.2, 0.25) is 0 Å². The van der Waals surface area contributed by atoms with Crippen molar-refractivity contribution >= 4 is 0 Å². The monoisotopic (exact) mass is 122 g/mol. The number of hydrogen-bond donors (Lipinski definition) is 0. The maximum absolute atomic E-state index is 2.46. The van der Waals surface area contributed by atoms with Crippen LogP contribution in [-0.4, -0.2) is 0 Å². The standard InChI is InChI=1S/C9H14/c1-5-2-3-6-4-7-8(5)9(6)7/h5-9H,2-4H2,1H3. The average Bonchev–Trinajstić information content (AvgIpc) is 2.39. The zero-order chi connectivity index (χ0) is 6.01. The lowest BCUT2D eigenvalue weighted by molar-refractivity contribution is 0.230. The first kappa shape index (κ1) is 4.76. The molecule has 5 atom stereocenters. The molecule has 0 bridgehead atoms. The van der Waals surface area contributed by atoms with Crippen LogP contribution >= 0.6 is 0 Å². The van der Waals surface area contributed by atoms with Gasteiger partial charge in [-0.1, -0.05) is 13.3 Å². The molecule has 0 aromatic heterocycles. The van der Waals surface area contributed by atoms with Gasteiger partial charge in [0, 0.05) is 0 Å². The lowest BCUT2D eigenvalue weighted by atomic mass is 9.78. The van der Waals surface area contributed by atoms with Crippen molar-refractivity contribution in [1.29, 1.82) is 0 Å². The molecule has 0 aromatic carbocycles. The Morgan fingerprint density at radius 1 is 1.11 bits per heavy atom. The van der Waals surface area contributed by atoms with Gasteiger partial charge in [-0.15, -0.1) is 0 Å². The summed E-state index contributed by atoms with van der Waals surface area (Å²) in [4.78, 5) is 0. The van der Waals surface area contributed by atoms with Gasteiger partial charge in [-0.2, -0.15) is 0 Å². The summed E-state index contributed by atoms with van der Waals surface area (Å²) in [6.45, 7) is 2.46. The van der Waals surface area contributed by atoms with Gasteiger partial charge in [-0.3, -0.25) is 0 Å². The van der Waals surface area contributed by atoms with Crippen LogP contribution in [0.1, 0.15) is 26.2 Å². The van der Waals surface area contributed by atoms with Crippen LogP contribution in [0.25, 0.3) is 0 Å². The SMILES string of the molecule is CC1CCC2CC3C1C23. The van der Waals surface area contributed by atoms with E-state index in [1.165, 1.54) is 23.7 Å². The summed E-state index contributed by atoms with van der Waals surface area (Å²) in [7, 11) is 0. The van der Waals surface area contributed by atoms with E-state index in [0.717, 1.165) is 5.92 Å². The second kappa shape index (κ2) is 1.21. The molecule has 5 unspecified atom stereocenters. The minimum absolute atomic E-state index is 1.10. The Labute approximate surface area is 56.6 Å². The first-order valence-electron chi connectivity index (χ1n) is 4.38. The minimum Gasteiger partial charge on any atom is -0.0622 e. The van der Waals surface area contributed by atoms with E-state index < -0.39 is 0 Å². The van der Waals surface area contributed by atoms with E-state index in [1.807, 2.05) is 0 Å². The smallest absolute Gasteiger partial charge is 0.0321 e. The van der Waals surface area contributed by atoms with Gasteiger partial charge in [-0.25, -0.2) is 0 Å². The highest BCUT2D eigenvalue weighted by molar-refractivity contribution is 5.13. The molecule has 0 N–H and O–H groups in total. The van der Waals surface area contributed by atoms with Crippen molar-refractivity contribution in [2.75, 3.05) is 0 Å². The highest BCUT2D eigenvalue weighted by Crippen LogP contribution is 2.71. The Morgan fingerprint density at radius 3 is 2.78 bits per heavy atom. The van der Waals surface area contributed by atoms with E-state index in [-0.39, 0.29) is 0 Å². The fraction of sp³-hybridized carbons (Fsp3) is 1.00. The minimum atomic E-state index is 1.10. The molecule has 0 heteroatoms. The van der Waals surface area contributed by atoms with Crippen LogP contribution in [-0.2, 0) is 0 Å². The van der Waals surface area contributed by atoms with Crippen molar-refractivity contribution < 1.29 is 0 Å². The summed E-state index contributed by atoms with van der Waals surface area (Å²) in [6.07, 6.45) is 4.72. The fourth-order valence-electron chi connectivity index (χ4n) is 3.50. The van der Waals surface area contributed by atoms with E-state index in [1.54, 1.807) is 19.3 Å². The molecule has 3 fully saturated rings. The molecule has 3 aliphatic rings. The van der Waals surface area contributed by atoms with Crippen LogP contribution in [0, 0.1) is 29.6 Å². The second-order valence-electron chi connectivity index (χ2n) is 4.37. The third kappa shape index (κ3) is 0.395. The van der Waals surface area contributed by atoms with Crippen molar-refractivity contribution in [2.45, 2.75) is 26.2 Å². The van der Waals surface area contributed by atoms with Gasteiger partial charge < -0.3 is 0 Å². The molecular formula is C9H14. The molecule has 9 heavy (non-hydrogen) atoms. The molecule has 3 aliphatic carbocycles. The van der Waals surface area contributed by atoms with E-state index in [9.17, 15) is 0 Å². The molecule has 0 aromatic rings. The van der Waals surface area contributed by atoms with Gasteiger partial charge >= 0.3 is 0 Å². The van der Waals surface area contributed by atoms with Gasteiger partial charge in [-0.05, 0) is 42.4 Å². The summed E-state index contributed by atoms with van der Waals surface area (Å²) in [5.74, 6) is 5.99. The molecule has 0 radical (unpaired) electrons. The normalized spacial score (nSPS) is 68.3. The van der Waals surface area contributed by atoms with Crippen LogP contribution in [0.5, 0.6) is 0 Å². The molecule has 3 rings (SSSR count). The maximum atomic E-state index is 2.46. The Bertz CT molecular complexity index is 148. The first-order valence-corrected chi connectivity index (χ1v) is 4.38. The molecular weight excluding hydrogens is 108 g/mol. The van der Waals surface area contributed by atoms with Crippen molar-refractivity contribution in [3.05, 3.63) is 0 Å². The topological polar surface area (TPSA) is 0 Å². The quantitative estimate of drug-likeness (QED) is 0.462. The molecule has 0 nitrogen and oxygen atoms in total. The van der Waals surface area contributed by atoms with Crippen LogP contribution in [0.2, 0.25) is 0 Å². The summed E-state index contributed by atoms with van der Waals surface area (Å²) in [5, 5.41) is 0. The molecule has 0 spiro atoms. The van der Waals surface area contributed by atoms with Gasteiger partial charge in [0.1, 0.15) is 0 Å². The Hall–Kier alpha value is 0. The summed E-state index contributed by atoms with van der Waals surface area (Å²) < 4.78 is 0. The van der Waals surface area contributed by atoms with Gasteiger partial charge in [0.15, 0.2) is 0 Å². The summed E-state index contributed by atoms with van der Waals surface area (Å²) >= 11 is 0. The highest BCUT2D eigenvalue weighted by atomic mass is 14.7. The highest BCUT2D eigenvalue weighted by Gasteiger charge is 2.65. The molecule has 0 amide bonds. The summed E-state index contributed by atoms with van der Waals surface area (Å²) in [5.41, 5.74) is 0. The van der Waals surface area contributed by atoms with Crippen molar-refractivity contribution in [3.8, 4) is 0 Å². The average molecular weight is 122 g/mol. The lowest BCUT2D eigenvalue weighted by Crippen LogP contribution is -2.18. The third-order valence-electron chi connectivity index (χ3n) is 4.06. The van der Waals surface area contributed by atoms with Gasteiger partial charge in [0.25, 0.3) is 0 Å². The first-order chi connectivity index (χ1) is 4.38. The molecule has 50 valence electrons. The summed E-state index contributed by atoms with van der Waals surface area (Å²) in [6, 6.07) is 0. The third-order valence-corrected chi connectivity index (χ3v) is 4.06. The van der Waals surface area contributed by atoms with E-state index >= 15 is 0 Å². The van der Waals surface area contributed by atoms with Crippen molar-refractivity contribution in [1.82, 2.24) is 0 Å². The van der Waals surface area contributed by atoms with Crippen LogP contribution < -0.4 is 0 Å². The Kier molecular flexibility index (Phi) is 0.640. The zero-order valence-electron chi connectivity index (χ0n) is 6.01. The maximum Gasteiger partial charge on any atom is -0.0321 e. The van der Waals surface area contributed by atoms with Crippen LogP contribution in [0.4, 0.5) is 0 Å². The van der Waals surface area contributed by atoms with E-state index in [2.05, 4.69) is 6.92 Å². The lowest BCUT2D eigenvalue weighted by Gasteiger charge is -2.27. The molecule has 0 heterocycles. The van der Waals surface area contributed by atoms with Crippen LogP contribution in [0.15, 0.2) is 0 Å². The molecule has 0 saturated heterocycles. The molecule has 0 aliphatic heterocycles. The van der Waals surface area contributed by atoms with Crippen molar-refractivity contribution in [3.63, 3.8) is 0 Å². The van der Waals surface area contributed by atoms with E-state index in [0.29, 0.717) is 0 Å².